The van der Waals surface area contributed by atoms with Crippen molar-refractivity contribution in [2.24, 2.45) is 0 Å². The number of benzene rings is 1. The number of pyridine rings is 1. The van der Waals surface area contributed by atoms with Gasteiger partial charge in [-0.3, -0.25) is 4.98 Å². The molecule has 0 spiro atoms. The zero-order valence-electron chi connectivity index (χ0n) is 11.0. The number of hydrogen-bond acceptors (Lipinski definition) is 3. The van der Waals surface area contributed by atoms with Gasteiger partial charge in [0, 0.05) is 28.6 Å². The highest BCUT2D eigenvalue weighted by molar-refractivity contribution is 9.10. The predicted octanol–water partition coefficient (Wildman–Crippen LogP) is 3.84. The topological polar surface area (TPSA) is 42.2 Å². The molecule has 0 unspecified atom stereocenters. The van der Waals surface area contributed by atoms with E-state index in [1.54, 1.807) is 0 Å². The molecule has 3 nitrogen and oxygen atoms in total. The molecule has 0 amide bonds. The summed E-state index contributed by atoms with van der Waals surface area (Å²) in [6, 6.07) is 12.1. The monoisotopic (exact) mass is 319 g/mol. The van der Waals surface area contributed by atoms with Gasteiger partial charge in [-0.25, -0.2) is 0 Å². The Labute approximate surface area is 122 Å². The molecule has 100 valence electrons. The van der Waals surface area contributed by atoms with Gasteiger partial charge in [-0.1, -0.05) is 6.92 Å². The molecule has 1 aromatic heterocycles. The van der Waals surface area contributed by atoms with Crippen LogP contribution in [0.25, 0.3) is 0 Å². The molecular weight excluding hydrogens is 302 g/mol. The van der Waals surface area contributed by atoms with Gasteiger partial charge in [0.25, 0.3) is 0 Å². The smallest absolute Gasteiger partial charge is 0.0602 e. The minimum atomic E-state index is 0.793. The van der Waals surface area contributed by atoms with Crippen LogP contribution >= 0.6 is 15.9 Å². The summed E-state index contributed by atoms with van der Waals surface area (Å²) < 4.78 is 1.01. The Morgan fingerprint density at radius 3 is 2.47 bits per heavy atom. The van der Waals surface area contributed by atoms with Gasteiger partial charge in [0.1, 0.15) is 0 Å². The second-order valence-electron chi connectivity index (χ2n) is 4.48. The average molecular weight is 320 g/mol. The summed E-state index contributed by atoms with van der Waals surface area (Å²) in [6.07, 6.45) is 2.93. The number of anilines is 2. The molecular formula is C15H18BrN3. The fraction of sp³-hybridized carbons (Fsp3) is 0.267. The third-order valence-electron chi connectivity index (χ3n) is 2.89. The van der Waals surface area contributed by atoms with Gasteiger partial charge in [-0.15, -0.1) is 0 Å². The summed E-state index contributed by atoms with van der Waals surface area (Å²) in [6.45, 7) is 3.99. The normalized spacial score (nSPS) is 10.4. The highest BCUT2D eigenvalue weighted by atomic mass is 79.9. The van der Waals surface area contributed by atoms with E-state index in [2.05, 4.69) is 44.9 Å². The molecule has 1 heterocycles. The maximum atomic E-state index is 5.73. The van der Waals surface area contributed by atoms with Gasteiger partial charge in [0.2, 0.25) is 0 Å². The van der Waals surface area contributed by atoms with Crippen LogP contribution in [0.2, 0.25) is 0 Å². The quantitative estimate of drug-likeness (QED) is 0.851. The van der Waals surface area contributed by atoms with Crippen LogP contribution in [0.3, 0.4) is 0 Å². The van der Waals surface area contributed by atoms with Gasteiger partial charge in [0.05, 0.1) is 12.2 Å². The largest absolute Gasteiger partial charge is 0.399 e. The van der Waals surface area contributed by atoms with Crippen LogP contribution in [-0.4, -0.2) is 11.5 Å². The molecule has 2 aromatic rings. The zero-order valence-corrected chi connectivity index (χ0v) is 12.6. The van der Waals surface area contributed by atoms with E-state index in [0.717, 1.165) is 35.4 Å². The Bertz CT molecular complexity index is 508. The van der Waals surface area contributed by atoms with Crippen molar-refractivity contribution < 1.29 is 0 Å². The summed E-state index contributed by atoms with van der Waals surface area (Å²) in [7, 11) is 0. The van der Waals surface area contributed by atoms with Crippen molar-refractivity contribution in [1.29, 1.82) is 0 Å². The first kappa shape index (κ1) is 13.9. The third-order valence-corrected chi connectivity index (χ3v) is 3.36. The predicted molar refractivity (Wildman–Crippen MR) is 84.1 cm³/mol. The number of aromatic nitrogens is 1. The Kier molecular flexibility index (Phi) is 4.80. The highest BCUT2D eigenvalue weighted by Gasteiger charge is 2.07. The molecule has 4 heteroatoms. The first-order valence-electron chi connectivity index (χ1n) is 6.40. The fourth-order valence-electron chi connectivity index (χ4n) is 1.95. The number of rotatable bonds is 5. The number of nitrogens with two attached hydrogens (primary N) is 1. The summed E-state index contributed by atoms with van der Waals surface area (Å²) in [4.78, 5) is 6.75. The molecule has 2 N–H and O–H groups in total. The first-order chi connectivity index (χ1) is 9.19. The SMILES string of the molecule is CCCN(Cc1ccc(Br)cn1)c1ccc(N)cc1. The third kappa shape index (κ3) is 3.96. The number of halogens is 1. The van der Waals surface area contributed by atoms with Crippen LogP contribution in [0.15, 0.2) is 47.1 Å². The summed E-state index contributed by atoms with van der Waals surface area (Å²) in [5.74, 6) is 0. The Morgan fingerprint density at radius 1 is 1.16 bits per heavy atom. The number of hydrogen-bond donors (Lipinski definition) is 1. The van der Waals surface area contributed by atoms with E-state index in [4.69, 9.17) is 5.73 Å². The van der Waals surface area contributed by atoms with Crippen LogP contribution in [0.5, 0.6) is 0 Å². The van der Waals surface area contributed by atoms with E-state index in [1.165, 1.54) is 5.69 Å². The maximum absolute atomic E-state index is 5.73. The zero-order chi connectivity index (χ0) is 13.7. The van der Waals surface area contributed by atoms with Gasteiger partial charge < -0.3 is 10.6 Å². The fourth-order valence-corrected chi connectivity index (χ4v) is 2.18. The highest BCUT2D eigenvalue weighted by Crippen LogP contribution is 2.19. The molecule has 0 aliphatic heterocycles. The lowest BCUT2D eigenvalue weighted by Gasteiger charge is -2.24. The van der Waals surface area contributed by atoms with E-state index in [0.29, 0.717) is 0 Å². The van der Waals surface area contributed by atoms with Crippen molar-refractivity contribution in [1.82, 2.24) is 4.98 Å². The minimum Gasteiger partial charge on any atom is -0.399 e. The van der Waals surface area contributed by atoms with Gasteiger partial charge >= 0.3 is 0 Å². The van der Waals surface area contributed by atoms with Crippen LogP contribution in [0.4, 0.5) is 11.4 Å². The molecule has 0 atom stereocenters. The molecule has 19 heavy (non-hydrogen) atoms. The van der Waals surface area contributed by atoms with Gasteiger partial charge in [-0.05, 0) is 58.7 Å². The van der Waals surface area contributed by atoms with E-state index >= 15 is 0 Å². The van der Waals surface area contributed by atoms with Gasteiger partial charge in [0.15, 0.2) is 0 Å². The van der Waals surface area contributed by atoms with Crippen LogP contribution in [0.1, 0.15) is 19.0 Å². The van der Waals surface area contributed by atoms with Gasteiger partial charge in [-0.2, -0.15) is 0 Å². The maximum Gasteiger partial charge on any atom is 0.0602 e. The minimum absolute atomic E-state index is 0.793. The first-order valence-corrected chi connectivity index (χ1v) is 7.19. The van der Waals surface area contributed by atoms with Crippen LogP contribution < -0.4 is 10.6 Å². The molecule has 0 saturated carbocycles. The van der Waals surface area contributed by atoms with Crippen LogP contribution in [0, 0.1) is 0 Å². The lowest BCUT2D eigenvalue weighted by atomic mass is 10.2. The standard InChI is InChI=1S/C15H18BrN3/c1-2-9-19(15-7-4-13(17)5-8-15)11-14-6-3-12(16)10-18-14/h3-8,10H,2,9,11,17H2,1H3. The average Bonchev–Trinajstić information content (AvgIpc) is 2.42. The molecule has 0 saturated heterocycles. The van der Waals surface area contributed by atoms with E-state index in [-0.39, 0.29) is 0 Å². The Hall–Kier alpha value is -1.55. The van der Waals surface area contributed by atoms with E-state index in [1.807, 2.05) is 30.5 Å². The molecule has 2 rings (SSSR count). The van der Waals surface area contributed by atoms with Crippen molar-refractivity contribution in [3.8, 4) is 0 Å². The second-order valence-corrected chi connectivity index (χ2v) is 5.40. The molecule has 0 aliphatic carbocycles. The molecule has 0 aliphatic rings. The molecule has 0 fully saturated rings. The summed E-state index contributed by atoms with van der Waals surface area (Å²) >= 11 is 3.41. The summed E-state index contributed by atoms with van der Waals surface area (Å²) in [5.41, 5.74) is 8.77. The lowest BCUT2D eigenvalue weighted by Crippen LogP contribution is -2.23. The number of nitrogens with zero attached hydrogens (tertiary/aromatic N) is 2. The van der Waals surface area contributed by atoms with E-state index in [9.17, 15) is 0 Å². The Morgan fingerprint density at radius 2 is 1.89 bits per heavy atom. The van der Waals surface area contributed by atoms with Crippen molar-refractivity contribution in [3.63, 3.8) is 0 Å². The van der Waals surface area contributed by atoms with Crippen molar-refractivity contribution in [2.45, 2.75) is 19.9 Å². The lowest BCUT2D eigenvalue weighted by molar-refractivity contribution is 0.754. The van der Waals surface area contributed by atoms with E-state index < -0.39 is 0 Å². The second kappa shape index (κ2) is 6.57. The van der Waals surface area contributed by atoms with Crippen LogP contribution in [-0.2, 0) is 6.54 Å². The Balaban J connectivity index is 2.15. The molecule has 0 bridgehead atoms. The van der Waals surface area contributed by atoms with Crippen molar-refractivity contribution >= 4 is 27.3 Å². The molecule has 1 aromatic carbocycles. The van der Waals surface area contributed by atoms with Crippen molar-refractivity contribution in [2.75, 3.05) is 17.2 Å². The van der Waals surface area contributed by atoms with Crippen molar-refractivity contribution in [3.05, 3.63) is 52.8 Å². The number of nitrogen functional groups attached to an aromatic ring is 1. The molecule has 0 radical (unpaired) electrons. The summed E-state index contributed by atoms with van der Waals surface area (Å²) in [5, 5.41) is 0.